The average Bonchev–Trinajstić information content (AvgIpc) is 2.56. The zero-order chi connectivity index (χ0) is 17.2. The van der Waals surface area contributed by atoms with Crippen LogP contribution >= 0.6 is 0 Å². The van der Waals surface area contributed by atoms with Crippen LogP contribution in [0.15, 0.2) is 18.2 Å². The number of fused-ring (bicyclic) bond motifs is 2. The molecule has 0 aromatic heterocycles. The summed E-state index contributed by atoms with van der Waals surface area (Å²) in [6.07, 6.45) is 16.8. The third-order valence-corrected chi connectivity index (χ3v) is 7.14. The van der Waals surface area contributed by atoms with Crippen molar-refractivity contribution in [2.45, 2.75) is 101 Å². The van der Waals surface area contributed by atoms with Crippen LogP contribution in [0.1, 0.15) is 88.5 Å². The van der Waals surface area contributed by atoms with Gasteiger partial charge < -0.3 is 11.5 Å². The second-order valence-electron chi connectivity index (χ2n) is 8.70. The Bertz CT molecular complexity index is 563. The van der Waals surface area contributed by atoms with Crippen molar-refractivity contribution in [2.24, 2.45) is 0 Å². The van der Waals surface area contributed by atoms with Gasteiger partial charge in [0.2, 0.25) is 0 Å². The second-order valence-corrected chi connectivity index (χ2v) is 8.70. The summed E-state index contributed by atoms with van der Waals surface area (Å²) >= 11 is 0. The first-order valence-corrected chi connectivity index (χ1v) is 10.7. The summed E-state index contributed by atoms with van der Waals surface area (Å²) < 4.78 is 0. The van der Waals surface area contributed by atoms with Crippen LogP contribution in [-0.2, 0) is 0 Å². The minimum Gasteiger partial charge on any atom is -0.397 e. The first-order valence-electron chi connectivity index (χ1n) is 10.7. The fourth-order valence-electron chi connectivity index (χ4n) is 5.96. The van der Waals surface area contributed by atoms with E-state index in [0.717, 1.165) is 29.5 Å². The lowest BCUT2D eigenvalue weighted by Gasteiger charge is -2.53. The second kappa shape index (κ2) is 7.57. The normalized spacial score (nSPS) is 32.1. The molecule has 2 aliphatic heterocycles. The maximum Gasteiger partial charge on any atom is 0.0583 e. The van der Waals surface area contributed by atoms with Gasteiger partial charge in [0, 0.05) is 18.1 Å². The van der Waals surface area contributed by atoms with Crippen molar-refractivity contribution in [3.63, 3.8) is 0 Å². The van der Waals surface area contributed by atoms with Crippen molar-refractivity contribution in [3.05, 3.63) is 23.8 Å². The van der Waals surface area contributed by atoms with Crippen LogP contribution in [0.3, 0.4) is 0 Å². The molecule has 2 heterocycles. The molecule has 3 nitrogen and oxygen atoms in total. The van der Waals surface area contributed by atoms with Crippen LogP contribution < -0.4 is 11.5 Å². The molecule has 2 unspecified atom stereocenters. The standard InChI is InChI=1S/C22H35N3/c23-21-13-7-12-20(22(21)24)16-14-18-10-6-11-19(15-16)25(18)17-8-4-2-1-3-5-9-17/h7,12-13,16-19H,1-6,8-11,14-15,23-24H2. The number of nitrogen functional groups attached to an aromatic ring is 2. The van der Waals surface area contributed by atoms with Gasteiger partial charge in [-0.05, 0) is 56.1 Å². The highest BCUT2D eigenvalue weighted by atomic mass is 15.2. The van der Waals surface area contributed by atoms with Crippen molar-refractivity contribution in [2.75, 3.05) is 11.5 Å². The Morgan fingerprint density at radius 1 is 0.720 bits per heavy atom. The quantitative estimate of drug-likeness (QED) is 0.739. The molecule has 1 aromatic carbocycles. The van der Waals surface area contributed by atoms with Crippen molar-refractivity contribution in [1.29, 1.82) is 0 Å². The smallest absolute Gasteiger partial charge is 0.0583 e. The van der Waals surface area contributed by atoms with E-state index in [9.17, 15) is 0 Å². The third kappa shape index (κ3) is 3.53. The zero-order valence-electron chi connectivity index (χ0n) is 15.6. The Kier molecular flexibility index (Phi) is 5.21. The summed E-state index contributed by atoms with van der Waals surface area (Å²) in [6.45, 7) is 0. The Morgan fingerprint density at radius 2 is 1.32 bits per heavy atom. The molecular formula is C22H35N3. The summed E-state index contributed by atoms with van der Waals surface area (Å²) in [5.74, 6) is 0.601. The number of benzene rings is 1. The predicted molar refractivity (Wildman–Crippen MR) is 107 cm³/mol. The van der Waals surface area contributed by atoms with Gasteiger partial charge in [0.15, 0.2) is 0 Å². The maximum atomic E-state index is 6.34. The number of anilines is 2. The predicted octanol–water partition coefficient (Wildman–Crippen LogP) is 5.06. The van der Waals surface area contributed by atoms with Crippen LogP contribution in [0.2, 0.25) is 0 Å². The monoisotopic (exact) mass is 341 g/mol. The summed E-state index contributed by atoms with van der Waals surface area (Å²) in [6, 6.07) is 8.61. The number of hydrogen-bond donors (Lipinski definition) is 2. The molecule has 2 atom stereocenters. The molecule has 0 radical (unpaired) electrons. The fraction of sp³-hybridized carbons (Fsp3) is 0.727. The minimum absolute atomic E-state index is 0.601. The first kappa shape index (κ1) is 17.2. The Labute approximate surface area is 153 Å². The van der Waals surface area contributed by atoms with E-state index in [1.165, 1.54) is 82.6 Å². The molecule has 25 heavy (non-hydrogen) atoms. The average molecular weight is 342 g/mol. The summed E-state index contributed by atoms with van der Waals surface area (Å²) in [5, 5.41) is 0. The Hall–Kier alpha value is -1.22. The van der Waals surface area contributed by atoms with E-state index in [2.05, 4.69) is 17.0 Å². The van der Waals surface area contributed by atoms with Crippen molar-refractivity contribution in [1.82, 2.24) is 4.90 Å². The van der Waals surface area contributed by atoms with Crippen molar-refractivity contribution < 1.29 is 0 Å². The largest absolute Gasteiger partial charge is 0.397 e. The molecule has 3 fully saturated rings. The minimum atomic E-state index is 0.601. The van der Waals surface area contributed by atoms with Gasteiger partial charge in [0.1, 0.15) is 0 Å². The third-order valence-electron chi connectivity index (χ3n) is 7.14. The van der Waals surface area contributed by atoms with E-state index < -0.39 is 0 Å². The lowest BCUT2D eigenvalue weighted by Crippen LogP contribution is -2.56. The Morgan fingerprint density at radius 3 is 2.00 bits per heavy atom. The van der Waals surface area contributed by atoms with Gasteiger partial charge >= 0.3 is 0 Å². The topological polar surface area (TPSA) is 55.3 Å². The molecule has 2 saturated heterocycles. The molecule has 0 amide bonds. The van der Waals surface area contributed by atoms with Crippen LogP contribution in [0, 0.1) is 0 Å². The van der Waals surface area contributed by atoms with Crippen LogP contribution in [0.25, 0.3) is 0 Å². The van der Waals surface area contributed by atoms with E-state index in [1.807, 2.05) is 6.07 Å². The highest BCUT2D eigenvalue weighted by molar-refractivity contribution is 5.68. The number of hydrogen-bond acceptors (Lipinski definition) is 3. The SMILES string of the molecule is Nc1cccc(C2CC3CCCC(C2)N3C2CCCCCCC2)c1N. The lowest BCUT2D eigenvalue weighted by molar-refractivity contribution is -0.0147. The summed E-state index contributed by atoms with van der Waals surface area (Å²) in [5.41, 5.74) is 15.3. The molecular weight excluding hydrogens is 306 g/mol. The molecule has 138 valence electrons. The first-order chi connectivity index (χ1) is 12.2. The van der Waals surface area contributed by atoms with Gasteiger partial charge in [-0.15, -0.1) is 0 Å². The zero-order valence-corrected chi connectivity index (χ0v) is 15.6. The van der Waals surface area contributed by atoms with Crippen LogP contribution in [0.4, 0.5) is 11.4 Å². The van der Waals surface area contributed by atoms with Gasteiger partial charge in [0.05, 0.1) is 11.4 Å². The lowest BCUT2D eigenvalue weighted by atomic mass is 9.73. The molecule has 4 N–H and O–H groups in total. The molecule has 3 heteroatoms. The van der Waals surface area contributed by atoms with E-state index >= 15 is 0 Å². The highest BCUT2D eigenvalue weighted by Crippen LogP contribution is 2.45. The number of nitrogens with two attached hydrogens (primary N) is 2. The number of para-hydroxylation sites is 1. The molecule has 1 aliphatic carbocycles. The highest BCUT2D eigenvalue weighted by Gasteiger charge is 2.42. The van der Waals surface area contributed by atoms with Gasteiger partial charge in [-0.25, -0.2) is 0 Å². The molecule has 1 saturated carbocycles. The van der Waals surface area contributed by atoms with Gasteiger partial charge in [-0.1, -0.05) is 50.7 Å². The van der Waals surface area contributed by atoms with Crippen molar-refractivity contribution in [3.8, 4) is 0 Å². The van der Waals surface area contributed by atoms with Crippen LogP contribution in [0.5, 0.6) is 0 Å². The number of nitrogens with zero attached hydrogens (tertiary/aromatic N) is 1. The number of piperidine rings is 2. The Balaban J connectivity index is 1.53. The maximum absolute atomic E-state index is 6.34. The summed E-state index contributed by atoms with van der Waals surface area (Å²) in [7, 11) is 0. The fourth-order valence-corrected chi connectivity index (χ4v) is 5.96. The van der Waals surface area contributed by atoms with E-state index in [0.29, 0.717) is 5.92 Å². The van der Waals surface area contributed by atoms with Gasteiger partial charge in [-0.3, -0.25) is 4.90 Å². The van der Waals surface area contributed by atoms with Gasteiger partial charge in [0.25, 0.3) is 0 Å². The van der Waals surface area contributed by atoms with E-state index in [4.69, 9.17) is 11.5 Å². The van der Waals surface area contributed by atoms with Gasteiger partial charge in [-0.2, -0.15) is 0 Å². The number of rotatable bonds is 2. The molecule has 1 aromatic rings. The molecule has 0 spiro atoms. The summed E-state index contributed by atoms with van der Waals surface area (Å²) in [4.78, 5) is 2.98. The van der Waals surface area contributed by atoms with Crippen LogP contribution in [-0.4, -0.2) is 23.0 Å². The van der Waals surface area contributed by atoms with E-state index in [1.54, 1.807) is 0 Å². The molecule has 2 bridgehead atoms. The van der Waals surface area contributed by atoms with Crippen molar-refractivity contribution >= 4 is 11.4 Å². The van der Waals surface area contributed by atoms with E-state index in [-0.39, 0.29) is 0 Å². The molecule has 3 aliphatic rings. The molecule has 4 rings (SSSR count).